The predicted molar refractivity (Wildman–Crippen MR) is 134 cm³/mol. The van der Waals surface area contributed by atoms with Crippen molar-refractivity contribution in [2.24, 2.45) is 5.92 Å². The van der Waals surface area contributed by atoms with Crippen LogP contribution < -0.4 is 10.2 Å². The number of carbonyl (C=O) groups excluding carboxylic acids is 2. The van der Waals surface area contributed by atoms with Crippen LogP contribution in [-0.4, -0.2) is 35.0 Å². The van der Waals surface area contributed by atoms with Crippen molar-refractivity contribution in [3.8, 4) is 0 Å². The molecule has 4 nitrogen and oxygen atoms in total. The Hall–Kier alpha value is -1.20. The molecule has 174 valence electrons. The van der Waals surface area contributed by atoms with Gasteiger partial charge in [0.2, 0.25) is 11.8 Å². The Labute approximate surface area is 198 Å². The SMILES string of the molecule is CC(C)CC(S)(CCl)C(=O)N(c1ccccc1)C1CCCCCCCCCCNC1=O. The van der Waals surface area contributed by atoms with E-state index in [0.29, 0.717) is 19.4 Å². The van der Waals surface area contributed by atoms with Crippen LogP contribution in [0.25, 0.3) is 0 Å². The monoisotopic (exact) mass is 466 g/mol. The van der Waals surface area contributed by atoms with Gasteiger partial charge in [-0.15, -0.1) is 11.6 Å². The highest BCUT2D eigenvalue weighted by Crippen LogP contribution is 2.32. The fraction of sp³-hybridized carbons (Fsp3) is 0.680. The topological polar surface area (TPSA) is 49.4 Å². The third-order valence-corrected chi connectivity index (χ3v) is 7.11. The minimum absolute atomic E-state index is 0.0775. The zero-order valence-corrected chi connectivity index (χ0v) is 20.8. The summed E-state index contributed by atoms with van der Waals surface area (Å²) in [6.45, 7) is 4.77. The van der Waals surface area contributed by atoms with E-state index in [-0.39, 0.29) is 23.6 Å². The summed E-state index contributed by atoms with van der Waals surface area (Å²) in [6.07, 6.45) is 10.2. The molecular weight excluding hydrogens is 428 g/mol. The lowest BCUT2D eigenvalue weighted by atomic mass is 9.94. The van der Waals surface area contributed by atoms with Gasteiger partial charge in [0.25, 0.3) is 0 Å². The van der Waals surface area contributed by atoms with Crippen molar-refractivity contribution < 1.29 is 9.59 Å². The highest BCUT2D eigenvalue weighted by molar-refractivity contribution is 7.83. The van der Waals surface area contributed by atoms with Gasteiger partial charge in [0.05, 0.1) is 0 Å². The van der Waals surface area contributed by atoms with Crippen LogP contribution in [0.3, 0.4) is 0 Å². The summed E-state index contributed by atoms with van der Waals surface area (Å²) < 4.78 is -1.02. The Bertz CT molecular complexity index is 685. The molecule has 1 aromatic rings. The first kappa shape index (κ1) is 26.1. The molecular formula is C25H39ClN2O2S. The van der Waals surface area contributed by atoms with Gasteiger partial charge in [0, 0.05) is 18.1 Å². The second kappa shape index (κ2) is 13.4. The predicted octanol–water partition coefficient (Wildman–Crippen LogP) is 5.98. The first-order valence-corrected chi connectivity index (χ1v) is 12.8. The van der Waals surface area contributed by atoms with E-state index in [1.54, 1.807) is 4.90 Å². The van der Waals surface area contributed by atoms with Gasteiger partial charge >= 0.3 is 0 Å². The molecule has 0 aliphatic carbocycles. The third-order valence-electron chi connectivity index (χ3n) is 5.94. The van der Waals surface area contributed by atoms with Gasteiger partial charge in [0.15, 0.2) is 0 Å². The van der Waals surface area contributed by atoms with E-state index in [1.807, 2.05) is 30.3 Å². The maximum absolute atomic E-state index is 13.9. The van der Waals surface area contributed by atoms with E-state index < -0.39 is 10.8 Å². The van der Waals surface area contributed by atoms with E-state index in [4.69, 9.17) is 24.2 Å². The summed E-state index contributed by atoms with van der Waals surface area (Å²) in [4.78, 5) is 28.9. The number of hydrogen-bond acceptors (Lipinski definition) is 3. The fourth-order valence-electron chi connectivity index (χ4n) is 4.36. The Morgan fingerprint density at radius 2 is 1.68 bits per heavy atom. The molecule has 6 heteroatoms. The maximum Gasteiger partial charge on any atom is 0.244 e. The van der Waals surface area contributed by atoms with Crippen LogP contribution in [0.15, 0.2) is 30.3 Å². The number of amides is 2. The highest BCUT2D eigenvalue weighted by atomic mass is 35.5. The van der Waals surface area contributed by atoms with Crippen molar-refractivity contribution in [1.29, 1.82) is 0 Å². The number of hydrogen-bond donors (Lipinski definition) is 2. The Morgan fingerprint density at radius 1 is 1.10 bits per heavy atom. The lowest BCUT2D eigenvalue weighted by Gasteiger charge is -2.38. The Morgan fingerprint density at radius 3 is 2.26 bits per heavy atom. The summed E-state index contributed by atoms with van der Waals surface area (Å²) in [7, 11) is 0. The molecule has 1 N–H and O–H groups in total. The molecule has 0 bridgehead atoms. The molecule has 1 saturated heterocycles. The van der Waals surface area contributed by atoms with E-state index in [2.05, 4.69) is 19.2 Å². The summed E-state index contributed by atoms with van der Waals surface area (Å²) in [6, 6.07) is 8.94. The van der Waals surface area contributed by atoms with Gasteiger partial charge in [-0.25, -0.2) is 0 Å². The molecule has 2 unspecified atom stereocenters. The minimum atomic E-state index is -1.02. The summed E-state index contributed by atoms with van der Waals surface area (Å²) in [5.41, 5.74) is 0.726. The number of thiol groups is 1. The molecule has 1 aliphatic rings. The second-order valence-electron chi connectivity index (χ2n) is 9.20. The van der Waals surface area contributed by atoms with Gasteiger partial charge in [-0.05, 0) is 37.3 Å². The van der Waals surface area contributed by atoms with Crippen LogP contribution in [0.1, 0.15) is 78.1 Å². The average molecular weight is 467 g/mol. The number of benzene rings is 1. The van der Waals surface area contributed by atoms with E-state index in [9.17, 15) is 9.59 Å². The zero-order valence-electron chi connectivity index (χ0n) is 19.1. The van der Waals surface area contributed by atoms with Crippen LogP contribution in [-0.2, 0) is 9.59 Å². The molecule has 0 aromatic heterocycles. The average Bonchev–Trinajstić information content (AvgIpc) is 2.77. The van der Waals surface area contributed by atoms with Crippen molar-refractivity contribution in [3.63, 3.8) is 0 Å². The number of halogens is 1. The lowest BCUT2D eigenvalue weighted by Crippen LogP contribution is -2.56. The quantitative estimate of drug-likeness (QED) is 0.400. The molecule has 1 fully saturated rings. The molecule has 31 heavy (non-hydrogen) atoms. The molecule has 0 saturated carbocycles. The van der Waals surface area contributed by atoms with Crippen molar-refractivity contribution in [2.45, 2.75) is 88.8 Å². The van der Waals surface area contributed by atoms with E-state index in [0.717, 1.165) is 31.4 Å². The lowest BCUT2D eigenvalue weighted by molar-refractivity contribution is -0.127. The number of alkyl halides is 1. The van der Waals surface area contributed by atoms with Crippen molar-refractivity contribution in [1.82, 2.24) is 5.32 Å². The van der Waals surface area contributed by atoms with E-state index in [1.165, 1.54) is 25.7 Å². The highest BCUT2D eigenvalue weighted by Gasteiger charge is 2.42. The van der Waals surface area contributed by atoms with Gasteiger partial charge in [-0.3, -0.25) is 14.5 Å². The number of carbonyl (C=O) groups is 2. The number of rotatable bonds is 6. The molecule has 0 spiro atoms. The van der Waals surface area contributed by atoms with Gasteiger partial charge in [0.1, 0.15) is 10.8 Å². The fourth-order valence-corrected chi connectivity index (χ4v) is 5.05. The number of nitrogens with one attached hydrogen (secondary N) is 1. The van der Waals surface area contributed by atoms with Crippen molar-refractivity contribution in [3.05, 3.63) is 30.3 Å². The minimum Gasteiger partial charge on any atom is -0.354 e. The number of para-hydroxylation sites is 1. The third kappa shape index (κ3) is 8.02. The van der Waals surface area contributed by atoms with Crippen LogP contribution in [0.2, 0.25) is 0 Å². The normalized spacial score (nSPS) is 21.2. The maximum atomic E-state index is 13.9. The molecule has 2 atom stereocenters. The van der Waals surface area contributed by atoms with E-state index >= 15 is 0 Å². The molecule has 0 radical (unpaired) electrons. The van der Waals surface area contributed by atoms with Gasteiger partial charge < -0.3 is 5.32 Å². The molecule has 2 rings (SSSR count). The Balaban J connectivity index is 2.38. The first-order chi connectivity index (χ1) is 14.9. The van der Waals surface area contributed by atoms with Crippen LogP contribution in [0, 0.1) is 5.92 Å². The standard InChI is InChI=1S/C25H39ClN2O2S/c1-20(2)18-25(31,19-26)24(30)28(21-14-10-9-11-15-21)22-16-12-7-5-3-4-6-8-13-17-27-23(22)29/h9-11,14-15,20,22,31H,3-8,12-13,16-19H2,1-2H3,(H,27,29). The van der Waals surface area contributed by atoms with Crippen molar-refractivity contribution >= 4 is 41.7 Å². The summed E-state index contributed by atoms with van der Waals surface area (Å²) in [5.74, 6) is 0.0956. The van der Waals surface area contributed by atoms with Crippen LogP contribution in [0.4, 0.5) is 5.69 Å². The molecule has 1 aromatic carbocycles. The second-order valence-corrected chi connectivity index (χ2v) is 10.3. The van der Waals surface area contributed by atoms with Crippen LogP contribution in [0.5, 0.6) is 0 Å². The smallest absolute Gasteiger partial charge is 0.244 e. The molecule has 1 heterocycles. The first-order valence-electron chi connectivity index (χ1n) is 11.8. The molecule has 2 amide bonds. The number of nitrogens with zero attached hydrogens (tertiary/aromatic N) is 1. The zero-order chi connectivity index (χ0) is 22.7. The van der Waals surface area contributed by atoms with Gasteiger partial charge in [-0.2, -0.15) is 12.6 Å². The van der Waals surface area contributed by atoms with Gasteiger partial charge in [-0.1, -0.05) is 77.0 Å². The summed E-state index contributed by atoms with van der Waals surface area (Å²) >= 11 is 11.1. The largest absolute Gasteiger partial charge is 0.354 e. The Kier molecular flexibility index (Phi) is 11.2. The number of anilines is 1. The summed E-state index contributed by atoms with van der Waals surface area (Å²) in [5, 5.41) is 3.10. The van der Waals surface area contributed by atoms with Crippen LogP contribution >= 0.6 is 24.2 Å². The molecule has 1 aliphatic heterocycles. The van der Waals surface area contributed by atoms with Crippen molar-refractivity contribution in [2.75, 3.05) is 17.3 Å².